The summed E-state index contributed by atoms with van der Waals surface area (Å²) in [7, 11) is 0. The van der Waals surface area contributed by atoms with Crippen molar-refractivity contribution in [2.45, 2.75) is 43.3 Å². The lowest BCUT2D eigenvalue weighted by atomic mass is 9.95. The largest absolute Gasteiger partial charge is 0.353 e. The first-order valence-electron chi connectivity index (χ1n) is 8.71. The maximum absolute atomic E-state index is 13.2. The normalized spacial score (nSPS) is 15.4. The minimum absolute atomic E-state index is 0.0391. The number of thiazole rings is 1. The topological polar surface area (TPSA) is 59.3 Å². The molecule has 0 spiro atoms. The van der Waals surface area contributed by atoms with E-state index in [2.05, 4.69) is 15.5 Å². The third-order valence-corrected chi connectivity index (χ3v) is 6.31. The van der Waals surface area contributed by atoms with Crippen molar-refractivity contribution >= 4 is 34.0 Å². The second-order valence-corrected chi connectivity index (χ2v) is 8.20. The predicted octanol–water partition coefficient (Wildman–Crippen LogP) is 4.14. The number of hydrogen-bond donors (Lipinski definition) is 1. The molecule has 1 saturated carbocycles. The van der Waals surface area contributed by atoms with Gasteiger partial charge >= 0.3 is 0 Å². The SMILES string of the molecule is O=C(CSc1nnc2scc(-c3ccc(F)cc3)n12)NC1CCCCC1. The van der Waals surface area contributed by atoms with E-state index in [-0.39, 0.29) is 11.7 Å². The van der Waals surface area contributed by atoms with E-state index in [0.29, 0.717) is 17.0 Å². The van der Waals surface area contributed by atoms with E-state index < -0.39 is 0 Å². The van der Waals surface area contributed by atoms with E-state index >= 15 is 0 Å². The van der Waals surface area contributed by atoms with Crippen LogP contribution in [0.1, 0.15) is 32.1 Å². The molecule has 1 N–H and O–H groups in total. The molecule has 1 aromatic carbocycles. The number of thioether (sulfide) groups is 1. The Hall–Kier alpha value is -1.93. The van der Waals surface area contributed by atoms with Crippen molar-refractivity contribution in [3.63, 3.8) is 0 Å². The molecule has 3 aromatic rings. The van der Waals surface area contributed by atoms with Crippen LogP contribution in [0.2, 0.25) is 0 Å². The van der Waals surface area contributed by atoms with E-state index in [1.165, 1.54) is 54.5 Å². The number of aromatic nitrogens is 3. The van der Waals surface area contributed by atoms with E-state index in [1.807, 2.05) is 9.78 Å². The number of fused-ring (bicyclic) bond motifs is 1. The zero-order valence-corrected chi connectivity index (χ0v) is 15.8. The molecule has 4 rings (SSSR count). The number of nitrogens with one attached hydrogen (secondary N) is 1. The molecule has 0 radical (unpaired) electrons. The number of amides is 1. The van der Waals surface area contributed by atoms with Crippen LogP contribution in [0, 0.1) is 5.82 Å². The fourth-order valence-electron chi connectivity index (χ4n) is 3.26. The summed E-state index contributed by atoms with van der Waals surface area (Å²) in [5, 5.41) is 14.2. The summed E-state index contributed by atoms with van der Waals surface area (Å²) in [6, 6.07) is 6.66. The van der Waals surface area contributed by atoms with Gasteiger partial charge in [0, 0.05) is 11.4 Å². The molecule has 8 heteroatoms. The summed E-state index contributed by atoms with van der Waals surface area (Å²) in [6.07, 6.45) is 5.80. The van der Waals surface area contributed by atoms with Crippen molar-refractivity contribution in [1.29, 1.82) is 0 Å². The lowest BCUT2D eigenvalue weighted by Crippen LogP contribution is -2.37. The molecule has 0 bridgehead atoms. The Morgan fingerprint density at radius 3 is 2.77 bits per heavy atom. The predicted molar refractivity (Wildman–Crippen MR) is 102 cm³/mol. The Kier molecular flexibility index (Phi) is 5.21. The first kappa shape index (κ1) is 17.5. The highest BCUT2D eigenvalue weighted by Crippen LogP contribution is 2.30. The molecular weight excluding hydrogens is 371 g/mol. The van der Waals surface area contributed by atoms with Gasteiger partial charge in [0.05, 0.1) is 11.4 Å². The quantitative estimate of drug-likeness (QED) is 0.665. The summed E-state index contributed by atoms with van der Waals surface area (Å²) < 4.78 is 15.1. The maximum Gasteiger partial charge on any atom is 0.230 e. The van der Waals surface area contributed by atoms with E-state index in [9.17, 15) is 9.18 Å². The van der Waals surface area contributed by atoms with Gasteiger partial charge in [-0.15, -0.1) is 21.5 Å². The fraction of sp³-hybridized carbons (Fsp3) is 0.389. The van der Waals surface area contributed by atoms with Crippen molar-refractivity contribution in [2.24, 2.45) is 0 Å². The highest BCUT2D eigenvalue weighted by Gasteiger charge is 2.18. The molecular formula is C18H19FN4OS2. The van der Waals surface area contributed by atoms with Crippen LogP contribution in [0.15, 0.2) is 34.8 Å². The minimum atomic E-state index is -0.266. The number of benzene rings is 1. The van der Waals surface area contributed by atoms with Crippen LogP contribution in [0.25, 0.3) is 16.2 Å². The third kappa shape index (κ3) is 3.76. The summed E-state index contributed by atoms with van der Waals surface area (Å²) >= 11 is 2.86. The Morgan fingerprint density at radius 1 is 1.23 bits per heavy atom. The molecule has 1 amide bonds. The lowest BCUT2D eigenvalue weighted by Gasteiger charge is -2.22. The fourth-order valence-corrected chi connectivity index (χ4v) is 4.91. The van der Waals surface area contributed by atoms with Gasteiger partial charge in [-0.3, -0.25) is 9.20 Å². The maximum atomic E-state index is 13.2. The Labute approximate surface area is 159 Å². The first-order chi connectivity index (χ1) is 12.7. The Balaban J connectivity index is 1.47. The molecule has 0 unspecified atom stereocenters. The highest BCUT2D eigenvalue weighted by atomic mass is 32.2. The summed E-state index contributed by atoms with van der Waals surface area (Å²) in [5.74, 6) is 0.0888. The van der Waals surface area contributed by atoms with Gasteiger partial charge in [0.15, 0.2) is 5.16 Å². The Bertz CT molecular complexity index is 900. The van der Waals surface area contributed by atoms with Gasteiger partial charge in [-0.05, 0) is 42.7 Å². The van der Waals surface area contributed by atoms with Crippen molar-refractivity contribution in [2.75, 3.05) is 5.75 Å². The van der Waals surface area contributed by atoms with Crippen molar-refractivity contribution in [3.05, 3.63) is 35.5 Å². The van der Waals surface area contributed by atoms with Gasteiger partial charge in [-0.1, -0.05) is 31.0 Å². The van der Waals surface area contributed by atoms with Gasteiger partial charge in [0.25, 0.3) is 0 Å². The van der Waals surface area contributed by atoms with E-state index in [0.717, 1.165) is 29.1 Å². The molecule has 136 valence electrons. The third-order valence-electron chi connectivity index (χ3n) is 4.56. The number of hydrogen-bond acceptors (Lipinski definition) is 5. The zero-order valence-electron chi connectivity index (χ0n) is 14.2. The molecule has 1 aliphatic rings. The van der Waals surface area contributed by atoms with Crippen LogP contribution >= 0.6 is 23.1 Å². The molecule has 26 heavy (non-hydrogen) atoms. The zero-order chi connectivity index (χ0) is 17.9. The number of carbonyl (C=O) groups is 1. The molecule has 0 aliphatic heterocycles. The molecule has 0 atom stereocenters. The van der Waals surface area contributed by atoms with E-state index in [4.69, 9.17) is 0 Å². The molecule has 2 aromatic heterocycles. The number of halogens is 1. The van der Waals surface area contributed by atoms with Gasteiger partial charge in [-0.2, -0.15) is 0 Å². The second-order valence-electron chi connectivity index (χ2n) is 6.42. The average molecular weight is 391 g/mol. The van der Waals surface area contributed by atoms with Crippen LogP contribution in [0.4, 0.5) is 4.39 Å². The number of rotatable bonds is 5. The molecule has 1 fully saturated rings. The molecule has 2 heterocycles. The smallest absolute Gasteiger partial charge is 0.230 e. The summed E-state index contributed by atoms with van der Waals surface area (Å²) in [5.41, 5.74) is 1.80. The molecule has 1 aliphatic carbocycles. The van der Waals surface area contributed by atoms with Crippen LogP contribution in [0.5, 0.6) is 0 Å². The molecule has 0 saturated heterocycles. The van der Waals surface area contributed by atoms with E-state index in [1.54, 1.807) is 12.1 Å². The van der Waals surface area contributed by atoms with Crippen molar-refractivity contribution in [3.8, 4) is 11.3 Å². The van der Waals surface area contributed by atoms with Gasteiger partial charge in [0.1, 0.15) is 5.82 Å². The highest BCUT2D eigenvalue weighted by molar-refractivity contribution is 7.99. The first-order valence-corrected chi connectivity index (χ1v) is 10.6. The Morgan fingerprint density at radius 2 is 2.00 bits per heavy atom. The minimum Gasteiger partial charge on any atom is -0.353 e. The van der Waals surface area contributed by atoms with Crippen LogP contribution in [-0.2, 0) is 4.79 Å². The lowest BCUT2D eigenvalue weighted by molar-refractivity contribution is -0.119. The van der Waals surface area contributed by atoms with Crippen molar-refractivity contribution < 1.29 is 9.18 Å². The number of nitrogens with zero attached hydrogens (tertiary/aromatic N) is 3. The second kappa shape index (κ2) is 7.75. The standard InChI is InChI=1S/C18H19FN4OS2/c19-13-8-6-12(7-9-13)15-10-25-17-21-22-18(23(15)17)26-11-16(24)20-14-4-2-1-3-5-14/h6-10,14H,1-5,11H2,(H,20,24). The van der Waals surface area contributed by atoms with Crippen molar-refractivity contribution in [1.82, 2.24) is 19.9 Å². The van der Waals surface area contributed by atoms with Gasteiger partial charge in [0.2, 0.25) is 10.9 Å². The number of carbonyl (C=O) groups excluding carboxylic acids is 1. The van der Waals surface area contributed by atoms with Crippen LogP contribution in [-0.4, -0.2) is 32.3 Å². The molecule has 5 nitrogen and oxygen atoms in total. The van der Waals surface area contributed by atoms with Gasteiger partial charge < -0.3 is 5.32 Å². The monoisotopic (exact) mass is 390 g/mol. The average Bonchev–Trinajstić information content (AvgIpc) is 3.24. The summed E-state index contributed by atoms with van der Waals surface area (Å²) in [4.78, 5) is 13.0. The van der Waals surface area contributed by atoms with Crippen LogP contribution in [0.3, 0.4) is 0 Å². The summed E-state index contributed by atoms with van der Waals surface area (Å²) in [6.45, 7) is 0. The van der Waals surface area contributed by atoms with Gasteiger partial charge in [-0.25, -0.2) is 4.39 Å². The van der Waals surface area contributed by atoms with Crippen LogP contribution < -0.4 is 5.32 Å².